The van der Waals surface area contributed by atoms with E-state index in [0.29, 0.717) is 17.9 Å². The van der Waals surface area contributed by atoms with Crippen LogP contribution in [0.1, 0.15) is 27.0 Å². The molecule has 1 atom stereocenters. The van der Waals surface area contributed by atoms with Crippen LogP contribution in [0.25, 0.3) is 0 Å². The Hall–Kier alpha value is -2.13. The Morgan fingerprint density at radius 3 is 2.48 bits per heavy atom. The highest BCUT2D eigenvalue weighted by atomic mass is 16.6. The zero-order chi connectivity index (χ0) is 14.8. The number of carbonyl (C=O) groups excluding carboxylic acids is 1. The SMILES string of the molecule is Cc1ccccc1C(=O)c1cccc(C)c1OCC1CO1. The van der Waals surface area contributed by atoms with Crippen molar-refractivity contribution in [3.05, 3.63) is 64.7 Å². The monoisotopic (exact) mass is 282 g/mol. The molecule has 0 aromatic heterocycles. The molecule has 0 aliphatic carbocycles. The highest BCUT2D eigenvalue weighted by Crippen LogP contribution is 2.27. The number of para-hydroxylation sites is 1. The van der Waals surface area contributed by atoms with Crippen molar-refractivity contribution < 1.29 is 14.3 Å². The molecule has 0 saturated carbocycles. The minimum Gasteiger partial charge on any atom is -0.490 e. The van der Waals surface area contributed by atoms with Gasteiger partial charge in [-0.15, -0.1) is 0 Å². The molecule has 1 aliphatic heterocycles. The molecule has 1 unspecified atom stereocenters. The molecule has 0 spiro atoms. The molecule has 0 radical (unpaired) electrons. The maximum Gasteiger partial charge on any atom is 0.197 e. The van der Waals surface area contributed by atoms with Crippen molar-refractivity contribution in [2.24, 2.45) is 0 Å². The predicted molar refractivity (Wildman–Crippen MR) is 81.0 cm³/mol. The van der Waals surface area contributed by atoms with Crippen molar-refractivity contribution in [1.82, 2.24) is 0 Å². The second-order valence-electron chi connectivity index (χ2n) is 5.36. The molecule has 21 heavy (non-hydrogen) atoms. The second kappa shape index (κ2) is 5.70. The summed E-state index contributed by atoms with van der Waals surface area (Å²) in [5, 5.41) is 0. The Balaban J connectivity index is 1.95. The quantitative estimate of drug-likeness (QED) is 0.624. The third-order valence-electron chi connectivity index (χ3n) is 3.66. The fourth-order valence-electron chi connectivity index (χ4n) is 2.34. The van der Waals surface area contributed by atoms with Crippen LogP contribution in [0.5, 0.6) is 5.75 Å². The fourth-order valence-corrected chi connectivity index (χ4v) is 2.34. The van der Waals surface area contributed by atoms with Crippen LogP contribution >= 0.6 is 0 Å². The maximum atomic E-state index is 12.8. The predicted octanol–water partition coefficient (Wildman–Crippen LogP) is 3.31. The average molecular weight is 282 g/mol. The number of carbonyl (C=O) groups is 1. The lowest BCUT2D eigenvalue weighted by molar-refractivity contribution is 0.103. The van der Waals surface area contributed by atoms with Crippen LogP contribution in [0.15, 0.2) is 42.5 Å². The van der Waals surface area contributed by atoms with E-state index >= 15 is 0 Å². The Labute approximate surface area is 124 Å². The highest BCUT2D eigenvalue weighted by molar-refractivity contribution is 6.11. The number of hydrogen-bond acceptors (Lipinski definition) is 3. The molecular formula is C18H18O3. The van der Waals surface area contributed by atoms with Crippen LogP contribution in [-0.4, -0.2) is 25.1 Å². The largest absolute Gasteiger partial charge is 0.490 e. The number of hydrogen-bond donors (Lipinski definition) is 0. The molecule has 1 heterocycles. The van der Waals surface area contributed by atoms with Crippen LogP contribution in [0, 0.1) is 13.8 Å². The Bertz CT molecular complexity index is 672. The van der Waals surface area contributed by atoms with Gasteiger partial charge in [0.25, 0.3) is 0 Å². The minimum atomic E-state index is 0.00325. The summed E-state index contributed by atoms with van der Waals surface area (Å²) in [7, 11) is 0. The van der Waals surface area contributed by atoms with Crippen molar-refractivity contribution >= 4 is 5.78 Å². The van der Waals surface area contributed by atoms with Crippen molar-refractivity contribution in [3.63, 3.8) is 0 Å². The van der Waals surface area contributed by atoms with E-state index in [1.165, 1.54) is 0 Å². The minimum absolute atomic E-state index is 0.00325. The Morgan fingerprint density at radius 1 is 1.10 bits per heavy atom. The average Bonchev–Trinajstić information content (AvgIpc) is 3.30. The van der Waals surface area contributed by atoms with Gasteiger partial charge >= 0.3 is 0 Å². The van der Waals surface area contributed by atoms with Crippen molar-refractivity contribution in [2.45, 2.75) is 20.0 Å². The lowest BCUT2D eigenvalue weighted by atomic mass is 9.97. The zero-order valence-electron chi connectivity index (χ0n) is 12.3. The van der Waals surface area contributed by atoms with Gasteiger partial charge in [-0.1, -0.05) is 36.4 Å². The maximum absolute atomic E-state index is 12.8. The molecule has 0 bridgehead atoms. The third-order valence-corrected chi connectivity index (χ3v) is 3.66. The standard InChI is InChI=1S/C18H18O3/c1-12-6-3-4-8-15(12)17(19)16-9-5-7-13(2)18(16)21-11-14-10-20-14/h3-9,14H,10-11H2,1-2H3. The van der Waals surface area contributed by atoms with E-state index in [1.807, 2.05) is 56.3 Å². The van der Waals surface area contributed by atoms with Crippen LogP contribution < -0.4 is 4.74 Å². The summed E-state index contributed by atoms with van der Waals surface area (Å²) in [6.45, 7) is 5.14. The Kier molecular flexibility index (Phi) is 3.76. The molecule has 3 rings (SSSR count). The fraction of sp³-hybridized carbons (Fsp3) is 0.278. The number of ketones is 1. The molecule has 3 heteroatoms. The summed E-state index contributed by atoms with van der Waals surface area (Å²) in [5.41, 5.74) is 3.27. The molecule has 1 aliphatic rings. The zero-order valence-corrected chi connectivity index (χ0v) is 12.3. The van der Waals surface area contributed by atoms with E-state index in [-0.39, 0.29) is 11.9 Å². The van der Waals surface area contributed by atoms with E-state index in [1.54, 1.807) is 0 Å². The lowest BCUT2D eigenvalue weighted by Gasteiger charge is -2.13. The van der Waals surface area contributed by atoms with Gasteiger partial charge in [-0.3, -0.25) is 4.79 Å². The summed E-state index contributed by atoms with van der Waals surface area (Å²) in [5.74, 6) is 0.671. The molecular weight excluding hydrogens is 264 g/mol. The number of benzene rings is 2. The number of epoxide rings is 1. The number of rotatable bonds is 5. The number of aryl methyl sites for hydroxylation is 2. The first-order chi connectivity index (χ1) is 10.2. The van der Waals surface area contributed by atoms with E-state index in [0.717, 1.165) is 23.3 Å². The molecule has 1 saturated heterocycles. The normalized spacial score (nSPS) is 16.6. The molecule has 2 aromatic rings. The van der Waals surface area contributed by atoms with Gasteiger partial charge in [-0.25, -0.2) is 0 Å². The van der Waals surface area contributed by atoms with Gasteiger partial charge in [-0.2, -0.15) is 0 Å². The topological polar surface area (TPSA) is 38.8 Å². The van der Waals surface area contributed by atoms with Gasteiger partial charge in [0.2, 0.25) is 0 Å². The summed E-state index contributed by atoms with van der Waals surface area (Å²) >= 11 is 0. The smallest absolute Gasteiger partial charge is 0.197 e. The summed E-state index contributed by atoms with van der Waals surface area (Å²) in [4.78, 5) is 12.8. The van der Waals surface area contributed by atoms with Crippen molar-refractivity contribution in [3.8, 4) is 5.75 Å². The third kappa shape index (κ3) is 2.98. The van der Waals surface area contributed by atoms with E-state index in [9.17, 15) is 4.79 Å². The molecule has 0 amide bonds. The van der Waals surface area contributed by atoms with Crippen LogP contribution in [-0.2, 0) is 4.74 Å². The first-order valence-electron chi connectivity index (χ1n) is 7.11. The summed E-state index contributed by atoms with van der Waals surface area (Å²) in [6.07, 6.45) is 0.172. The van der Waals surface area contributed by atoms with Crippen molar-refractivity contribution in [1.29, 1.82) is 0 Å². The molecule has 2 aromatic carbocycles. The second-order valence-corrected chi connectivity index (χ2v) is 5.36. The van der Waals surface area contributed by atoms with Gasteiger partial charge in [-0.05, 0) is 31.0 Å². The Morgan fingerprint density at radius 2 is 1.76 bits per heavy atom. The molecule has 0 N–H and O–H groups in total. The lowest BCUT2D eigenvalue weighted by Crippen LogP contribution is -2.11. The van der Waals surface area contributed by atoms with Gasteiger partial charge < -0.3 is 9.47 Å². The van der Waals surface area contributed by atoms with Crippen molar-refractivity contribution in [2.75, 3.05) is 13.2 Å². The van der Waals surface area contributed by atoms with Gasteiger partial charge in [0.1, 0.15) is 18.5 Å². The first-order valence-corrected chi connectivity index (χ1v) is 7.11. The molecule has 108 valence electrons. The van der Waals surface area contributed by atoms with Gasteiger partial charge in [0.05, 0.1) is 12.2 Å². The molecule has 1 fully saturated rings. The van der Waals surface area contributed by atoms with Gasteiger partial charge in [0.15, 0.2) is 5.78 Å². The summed E-state index contributed by atoms with van der Waals surface area (Å²) < 4.78 is 11.0. The van der Waals surface area contributed by atoms with Crippen LogP contribution in [0.4, 0.5) is 0 Å². The highest BCUT2D eigenvalue weighted by Gasteiger charge is 2.25. The summed E-state index contributed by atoms with van der Waals surface area (Å²) in [6, 6.07) is 13.3. The van der Waals surface area contributed by atoms with E-state index in [2.05, 4.69) is 0 Å². The first kappa shape index (κ1) is 13.8. The van der Waals surface area contributed by atoms with E-state index in [4.69, 9.17) is 9.47 Å². The van der Waals surface area contributed by atoms with Crippen LogP contribution in [0.2, 0.25) is 0 Å². The van der Waals surface area contributed by atoms with Crippen LogP contribution in [0.3, 0.4) is 0 Å². The molecule has 3 nitrogen and oxygen atoms in total. The number of ether oxygens (including phenoxy) is 2. The van der Waals surface area contributed by atoms with E-state index < -0.39 is 0 Å². The van der Waals surface area contributed by atoms with Gasteiger partial charge in [0, 0.05) is 5.56 Å².